The van der Waals surface area contributed by atoms with E-state index in [0.29, 0.717) is 6.10 Å². The highest BCUT2D eigenvalue weighted by Gasteiger charge is 2.38. The molecule has 2 aliphatic rings. The molecule has 10 heavy (non-hydrogen) atoms. The molecule has 0 amide bonds. The lowest BCUT2D eigenvalue weighted by atomic mass is 10.0. The monoisotopic (exact) mass is 138 g/mol. The summed E-state index contributed by atoms with van der Waals surface area (Å²) in [7, 11) is 0. The molecule has 2 fully saturated rings. The van der Waals surface area contributed by atoms with E-state index in [1.165, 1.54) is 12.8 Å². The highest BCUT2D eigenvalue weighted by Crippen LogP contribution is 2.42. The van der Waals surface area contributed by atoms with E-state index in [1.807, 2.05) is 0 Å². The van der Waals surface area contributed by atoms with E-state index < -0.39 is 0 Å². The molecule has 3 unspecified atom stereocenters. The van der Waals surface area contributed by atoms with Crippen LogP contribution < -0.4 is 0 Å². The van der Waals surface area contributed by atoms with Gasteiger partial charge in [-0.25, -0.2) is 0 Å². The van der Waals surface area contributed by atoms with Crippen molar-refractivity contribution in [3.05, 3.63) is 12.3 Å². The first-order valence-corrected chi connectivity index (χ1v) is 4.10. The fraction of sp³-hybridized carbons (Fsp3) is 0.778. The Hall–Kier alpha value is -0.460. The molecule has 0 bridgehead atoms. The molecule has 1 heterocycles. The van der Waals surface area contributed by atoms with Crippen LogP contribution in [0.4, 0.5) is 0 Å². The Morgan fingerprint density at radius 1 is 1.50 bits per heavy atom. The fourth-order valence-electron chi connectivity index (χ4n) is 2.27. The minimum absolute atomic E-state index is 0.530. The van der Waals surface area contributed by atoms with Gasteiger partial charge in [0.05, 0.1) is 5.76 Å². The Morgan fingerprint density at radius 2 is 2.30 bits per heavy atom. The summed E-state index contributed by atoms with van der Waals surface area (Å²) >= 11 is 0. The van der Waals surface area contributed by atoms with Crippen LogP contribution in [0.2, 0.25) is 0 Å². The van der Waals surface area contributed by atoms with Crippen molar-refractivity contribution in [1.29, 1.82) is 0 Å². The van der Waals surface area contributed by atoms with Crippen LogP contribution in [-0.2, 0) is 4.74 Å². The van der Waals surface area contributed by atoms with Crippen LogP contribution in [0.1, 0.15) is 26.2 Å². The van der Waals surface area contributed by atoms with Gasteiger partial charge >= 0.3 is 0 Å². The molecule has 0 aromatic rings. The van der Waals surface area contributed by atoms with Crippen LogP contribution in [-0.4, -0.2) is 6.10 Å². The lowest BCUT2D eigenvalue weighted by Crippen LogP contribution is -2.06. The van der Waals surface area contributed by atoms with Crippen molar-refractivity contribution in [3.8, 4) is 0 Å². The van der Waals surface area contributed by atoms with Crippen LogP contribution in [0.5, 0.6) is 0 Å². The SMILES string of the molecule is C=C1CC2CC(C)CC2O1. The summed E-state index contributed by atoms with van der Waals surface area (Å²) in [5.41, 5.74) is 0. The van der Waals surface area contributed by atoms with Gasteiger partial charge in [-0.05, 0) is 18.8 Å². The molecule has 1 aliphatic carbocycles. The maximum Gasteiger partial charge on any atom is 0.102 e. The van der Waals surface area contributed by atoms with Crippen LogP contribution in [0.25, 0.3) is 0 Å². The van der Waals surface area contributed by atoms with Crippen molar-refractivity contribution in [2.75, 3.05) is 0 Å². The van der Waals surface area contributed by atoms with E-state index in [9.17, 15) is 0 Å². The number of allylic oxidation sites excluding steroid dienone is 1. The number of rotatable bonds is 0. The minimum atomic E-state index is 0.530. The molecule has 0 N–H and O–H groups in total. The molecule has 0 radical (unpaired) electrons. The van der Waals surface area contributed by atoms with E-state index in [2.05, 4.69) is 13.5 Å². The number of fused-ring (bicyclic) bond motifs is 1. The van der Waals surface area contributed by atoms with E-state index in [-0.39, 0.29) is 0 Å². The van der Waals surface area contributed by atoms with E-state index in [0.717, 1.165) is 24.0 Å². The average molecular weight is 138 g/mol. The molecule has 0 spiro atoms. The predicted molar refractivity (Wildman–Crippen MR) is 40.5 cm³/mol. The van der Waals surface area contributed by atoms with E-state index >= 15 is 0 Å². The minimum Gasteiger partial charge on any atom is -0.495 e. The highest BCUT2D eigenvalue weighted by molar-refractivity contribution is 5.00. The summed E-state index contributed by atoms with van der Waals surface area (Å²) in [6.07, 6.45) is 4.25. The van der Waals surface area contributed by atoms with Crippen LogP contribution in [0, 0.1) is 11.8 Å². The molecule has 2 rings (SSSR count). The molecule has 56 valence electrons. The quantitative estimate of drug-likeness (QED) is 0.499. The van der Waals surface area contributed by atoms with E-state index in [4.69, 9.17) is 4.74 Å². The zero-order chi connectivity index (χ0) is 7.14. The Balaban J connectivity index is 2.06. The zero-order valence-corrected chi connectivity index (χ0v) is 6.47. The Bertz CT molecular complexity index is 146. The fourth-order valence-corrected chi connectivity index (χ4v) is 2.27. The molecule has 0 aromatic heterocycles. The number of hydrogen-bond acceptors (Lipinski definition) is 1. The second-order valence-electron chi connectivity index (χ2n) is 3.74. The summed E-state index contributed by atoms with van der Waals surface area (Å²) in [5, 5.41) is 0. The third kappa shape index (κ3) is 0.845. The first kappa shape index (κ1) is 6.26. The second kappa shape index (κ2) is 2.01. The molecular formula is C9H14O. The van der Waals surface area contributed by atoms with Crippen molar-refractivity contribution in [2.45, 2.75) is 32.3 Å². The lowest BCUT2D eigenvalue weighted by molar-refractivity contribution is 0.145. The summed E-state index contributed by atoms with van der Waals surface area (Å²) in [6.45, 7) is 6.15. The molecule has 1 saturated heterocycles. The zero-order valence-electron chi connectivity index (χ0n) is 6.47. The standard InChI is InChI=1S/C9H14O/c1-6-3-8-5-7(2)10-9(8)4-6/h6,8-9H,2-5H2,1H3. The lowest BCUT2D eigenvalue weighted by Gasteiger charge is -2.06. The molecule has 1 heteroatoms. The maximum atomic E-state index is 5.56. The summed E-state index contributed by atoms with van der Waals surface area (Å²) in [6, 6.07) is 0. The summed E-state index contributed by atoms with van der Waals surface area (Å²) in [4.78, 5) is 0. The molecule has 1 nitrogen and oxygen atoms in total. The van der Waals surface area contributed by atoms with Gasteiger partial charge in [-0.3, -0.25) is 0 Å². The van der Waals surface area contributed by atoms with Crippen molar-refractivity contribution in [2.24, 2.45) is 11.8 Å². The topological polar surface area (TPSA) is 9.23 Å². The average Bonchev–Trinajstić information content (AvgIpc) is 2.21. The van der Waals surface area contributed by atoms with Gasteiger partial charge in [0, 0.05) is 12.3 Å². The van der Waals surface area contributed by atoms with Crippen molar-refractivity contribution < 1.29 is 4.74 Å². The van der Waals surface area contributed by atoms with Gasteiger partial charge in [0.15, 0.2) is 0 Å². The van der Waals surface area contributed by atoms with Crippen LogP contribution >= 0.6 is 0 Å². The number of ether oxygens (including phenoxy) is 1. The highest BCUT2D eigenvalue weighted by atomic mass is 16.5. The normalized spacial score (nSPS) is 45.3. The largest absolute Gasteiger partial charge is 0.495 e. The number of hydrogen-bond donors (Lipinski definition) is 0. The molecule has 0 aromatic carbocycles. The van der Waals surface area contributed by atoms with Gasteiger partial charge in [0.2, 0.25) is 0 Å². The van der Waals surface area contributed by atoms with Crippen molar-refractivity contribution in [3.63, 3.8) is 0 Å². The van der Waals surface area contributed by atoms with Crippen LogP contribution in [0.3, 0.4) is 0 Å². The summed E-state index contributed by atoms with van der Waals surface area (Å²) in [5.74, 6) is 2.70. The van der Waals surface area contributed by atoms with Gasteiger partial charge in [-0.1, -0.05) is 13.5 Å². The predicted octanol–water partition coefficient (Wildman–Crippen LogP) is 2.34. The van der Waals surface area contributed by atoms with Gasteiger partial charge in [-0.2, -0.15) is 0 Å². The molecule has 3 atom stereocenters. The molecular weight excluding hydrogens is 124 g/mol. The Morgan fingerprint density at radius 3 is 3.00 bits per heavy atom. The first-order valence-electron chi connectivity index (χ1n) is 4.10. The maximum absolute atomic E-state index is 5.56. The van der Waals surface area contributed by atoms with Gasteiger partial charge < -0.3 is 4.74 Å². The van der Waals surface area contributed by atoms with Gasteiger partial charge in [-0.15, -0.1) is 0 Å². The third-order valence-electron chi connectivity index (χ3n) is 2.67. The first-order chi connectivity index (χ1) is 4.75. The summed E-state index contributed by atoms with van der Waals surface area (Å²) < 4.78 is 5.56. The van der Waals surface area contributed by atoms with E-state index in [1.54, 1.807) is 0 Å². The smallest absolute Gasteiger partial charge is 0.102 e. The second-order valence-corrected chi connectivity index (χ2v) is 3.74. The Labute approximate surface area is 62.1 Å². The van der Waals surface area contributed by atoms with Crippen molar-refractivity contribution in [1.82, 2.24) is 0 Å². The van der Waals surface area contributed by atoms with Gasteiger partial charge in [0.25, 0.3) is 0 Å². The van der Waals surface area contributed by atoms with Crippen molar-refractivity contribution >= 4 is 0 Å². The third-order valence-corrected chi connectivity index (χ3v) is 2.67. The molecule has 1 aliphatic heterocycles. The van der Waals surface area contributed by atoms with Crippen LogP contribution in [0.15, 0.2) is 12.3 Å². The Kier molecular flexibility index (Phi) is 1.26. The molecule has 1 saturated carbocycles. The van der Waals surface area contributed by atoms with Gasteiger partial charge in [0.1, 0.15) is 6.10 Å².